The van der Waals surface area contributed by atoms with Gasteiger partial charge in [0.05, 0.1) is 19.4 Å². The van der Waals surface area contributed by atoms with Crippen molar-refractivity contribution >= 4 is 39.8 Å². The van der Waals surface area contributed by atoms with Gasteiger partial charge in [-0.05, 0) is 24.6 Å². The van der Waals surface area contributed by atoms with E-state index in [-0.39, 0.29) is 36.3 Å². The standard InChI is InChI=1S/C15H25N3O3S.HI/c1-5-16-15(17-10-11-22(4,19)20)18(2)12-13-6-8-14(21-3)9-7-13;/h6-9H,5,10-12H2,1-4H3,(H,16,17);1H. The third kappa shape index (κ3) is 8.99. The fourth-order valence-electron chi connectivity index (χ4n) is 1.87. The highest BCUT2D eigenvalue weighted by Crippen LogP contribution is 2.12. The van der Waals surface area contributed by atoms with E-state index in [2.05, 4.69) is 10.3 Å². The molecule has 8 heteroatoms. The zero-order chi connectivity index (χ0) is 16.6. The van der Waals surface area contributed by atoms with Crippen LogP contribution in [0.5, 0.6) is 5.75 Å². The number of rotatable bonds is 7. The molecular weight excluding hydrogens is 429 g/mol. The fraction of sp³-hybridized carbons (Fsp3) is 0.533. The Morgan fingerprint density at radius 3 is 2.39 bits per heavy atom. The summed E-state index contributed by atoms with van der Waals surface area (Å²) in [6.45, 7) is 3.64. The average Bonchev–Trinajstić information content (AvgIpc) is 2.46. The van der Waals surface area contributed by atoms with Crippen LogP contribution in [0.2, 0.25) is 0 Å². The first kappa shape index (κ1) is 22.0. The molecule has 0 fully saturated rings. The number of nitrogens with zero attached hydrogens (tertiary/aromatic N) is 2. The Labute approximate surface area is 156 Å². The third-order valence-corrected chi connectivity index (χ3v) is 3.92. The molecule has 1 aromatic carbocycles. The van der Waals surface area contributed by atoms with E-state index in [4.69, 9.17) is 4.74 Å². The molecule has 0 spiro atoms. The average molecular weight is 455 g/mol. The normalized spacial score (nSPS) is 11.6. The highest BCUT2D eigenvalue weighted by molar-refractivity contribution is 14.0. The Bertz CT molecular complexity index is 588. The summed E-state index contributed by atoms with van der Waals surface area (Å²) in [5.74, 6) is 1.57. The first-order valence-corrected chi connectivity index (χ1v) is 9.22. The predicted octanol–water partition coefficient (Wildman–Crippen LogP) is 1.76. The Morgan fingerprint density at radius 1 is 1.30 bits per heavy atom. The van der Waals surface area contributed by atoms with Gasteiger partial charge in [0, 0.05) is 26.4 Å². The van der Waals surface area contributed by atoms with Crippen molar-refractivity contribution in [2.24, 2.45) is 4.99 Å². The van der Waals surface area contributed by atoms with E-state index in [1.807, 2.05) is 43.1 Å². The second-order valence-electron chi connectivity index (χ2n) is 5.07. The number of sulfone groups is 1. The molecule has 0 saturated heterocycles. The molecule has 0 bridgehead atoms. The van der Waals surface area contributed by atoms with Crippen molar-refractivity contribution in [1.29, 1.82) is 0 Å². The minimum Gasteiger partial charge on any atom is -0.497 e. The van der Waals surface area contributed by atoms with Crippen molar-refractivity contribution in [1.82, 2.24) is 10.2 Å². The molecule has 23 heavy (non-hydrogen) atoms. The van der Waals surface area contributed by atoms with Gasteiger partial charge in [-0.15, -0.1) is 24.0 Å². The van der Waals surface area contributed by atoms with Crippen LogP contribution in [0.25, 0.3) is 0 Å². The maximum Gasteiger partial charge on any atom is 0.193 e. The number of hydrogen-bond acceptors (Lipinski definition) is 4. The van der Waals surface area contributed by atoms with Crippen molar-refractivity contribution in [3.8, 4) is 5.75 Å². The largest absolute Gasteiger partial charge is 0.497 e. The maximum absolute atomic E-state index is 11.2. The molecule has 0 amide bonds. The molecule has 0 radical (unpaired) electrons. The molecule has 1 N–H and O–H groups in total. The summed E-state index contributed by atoms with van der Waals surface area (Å²) in [5.41, 5.74) is 1.12. The zero-order valence-electron chi connectivity index (χ0n) is 14.1. The summed E-state index contributed by atoms with van der Waals surface area (Å²) < 4.78 is 27.5. The lowest BCUT2D eigenvalue weighted by Gasteiger charge is -2.22. The van der Waals surface area contributed by atoms with Gasteiger partial charge in [0.1, 0.15) is 15.6 Å². The van der Waals surface area contributed by atoms with Crippen LogP contribution in [0, 0.1) is 0 Å². The molecule has 0 aliphatic heterocycles. The number of halogens is 1. The summed E-state index contributed by atoms with van der Waals surface area (Å²) in [6, 6.07) is 7.82. The van der Waals surface area contributed by atoms with Crippen molar-refractivity contribution in [3.63, 3.8) is 0 Å². The van der Waals surface area contributed by atoms with Crippen molar-refractivity contribution in [3.05, 3.63) is 29.8 Å². The van der Waals surface area contributed by atoms with Crippen LogP contribution in [-0.4, -0.2) is 58.5 Å². The van der Waals surface area contributed by atoms with Gasteiger partial charge in [0.25, 0.3) is 0 Å². The lowest BCUT2D eigenvalue weighted by molar-refractivity contribution is 0.414. The van der Waals surface area contributed by atoms with Gasteiger partial charge in [-0.1, -0.05) is 12.1 Å². The van der Waals surface area contributed by atoms with E-state index >= 15 is 0 Å². The number of ether oxygens (including phenoxy) is 1. The van der Waals surface area contributed by atoms with Crippen LogP contribution in [-0.2, 0) is 16.4 Å². The molecule has 132 valence electrons. The molecule has 1 rings (SSSR count). The third-order valence-electron chi connectivity index (χ3n) is 3.00. The molecule has 0 aliphatic carbocycles. The molecule has 0 aliphatic rings. The summed E-state index contributed by atoms with van der Waals surface area (Å²) >= 11 is 0. The van der Waals surface area contributed by atoms with E-state index in [0.717, 1.165) is 17.9 Å². The predicted molar refractivity (Wildman–Crippen MR) is 106 cm³/mol. The summed E-state index contributed by atoms with van der Waals surface area (Å²) in [4.78, 5) is 6.32. The quantitative estimate of drug-likeness (QED) is 0.386. The van der Waals surface area contributed by atoms with Gasteiger partial charge in [-0.3, -0.25) is 4.99 Å². The van der Waals surface area contributed by atoms with Gasteiger partial charge >= 0.3 is 0 Å². The maximum atomic E-state index is 11.2. The summed E-state index contributed by atoms with van der Waals surface area (Å²) in [5, 5.41) is 3.17. The molecule has 0 heterocycles. The lowest BCUT2D eigenvalue weighted by atomic mass is 10.2. The Kier molecular flexibility index (Phi) is 10.2. The van der Waals surface area contributed by atoms with Crippen LogP contribution in [0.1, 0.15) is 12.5 Å². The molecule has 0 unspecified atom stereocenters. The minimum absolute atomic E-state index is 0. The molecular formula is C15H26IN3O3S. The number of benzene rings is 1. The lowest BCUT2D eigenvalue weighted by Crippen LogP contribution is -2.38. The second kappa shape index (κ2) is 10.7. The molecule has 1 aromatic rings. The Balaban J connectivity index is 0.00000484. The first-order valence-electron chi connectivity index (χ1n) is 7.16. The number of aliphatic imine (C=N–C) groups is 1. The summed E-state index contributed by atoms with van der Waals surface area (Å²) in [7, 11) is 0.566. The van der Waals surface area contributed by atoms with Crippen LogP contribution < -0.4 is 10.1 Å². The van der Waals surface area contributed by atoms with Gasteiger partial charge in [0.15, 0.2) is 5.96 Å². The summed E-state index contributed by atoms with van der Waals surface area (Å²) in [6.07, 6.45) is 1.22. The smallest absolute Gasteiger partial charge is 0.193 e. The van der Waals surface area contributed by atoms with E-state index in [1.54, 1.807) is 7.11 Å². The number of hydrogen-bond donors (Lipinski definition) is 1. The topological polar surface area (TPSA) is 71.0 Å². The molecule has 0 saturated carbocycles. The van der Waals surface area contributed by atoms with Crippen LogP contribution in [0.3, 0.4) is 0 Å². The second-order valence-corrected chi connectivity index (χ2v) is 7.33. The molecule has 0 atom stereocenters. The highest BCUT2D eigenvalue weighted by Gasteiger charge is 2.08. The van der Waals surface area contributed by atoms with E-state index in [9.17, 15) is 8.42 Å². The van der Waals surface area contributed by atoms with Gasteiger partial charge in [0.2, 0.25) is 0 Å². The van der Waals surface area contributed by atoms with E-state index in [1.165, 1.54) is 6.26 Å². The van der Waals surface area contributed by atoms with Crippen LogP contribution in [0.4, 0.5) is 0 Å². The SMILES string of the molecule is CCNC(=NCCS(C)(=O)=O)N(C)Cc1ccc(OC)cc1.I. The van der Waals surface area contributed by atoms with E-state index in [0.29, 0.717) is 12.5 Å². The van der Waals surface area contributed by atoms with Crippen molar-refractivity contribution in [2.45, 2.75) is 13.5 Å². The first-order chi connectivity index (χ1) is 10.4. The number of methoxy groups -OCH3 is 1. The van der Waals surface area contributed by atoms with Crippen molar-refractivity contribution in [2.75, 3.05) is 39.3 Å². The van der Waals surface area contributed by atoms with E-state index < -0.39 is 9.84 Å². The van der Waals surface area contributed by atoms with Gasteiger partial charge in [-0.2, -0.15) is 0 Å². The van der Waals surface area contributed by atoms with Gasteiger partial charge in [-0.25, -0.2) is 8.42 Å². The zero-order valence-corrected chi connectivity index (χ0v) is 17.2. The van der Waals surface area contributed by atoms with Crippen LogP contribution in [0.15, 0.2) is 29.3 Å². The van der Waals surface area contributed by atoms with Crippen LogP contribution >= 0.6 is 24.0 Å². The number of nitrogens with one attached hydrogen (secondary N) is 1. The van der Waals surface area contributed by atoms with Gasteiger partial charge < -0.3 is 15.0 Å². The highest BCUT2D eigenvalue weighted by atomic mass is 127. The van der Waals surface area contributed by atoms with Crippen molar-refractivity contribution < 1.29 is 13.2 Å². The Hall–Kier alpha value is -1.03. The molecule has 0 aromatic heterocycles. The fourth-order valence-corrected chi connectivity index (χ4v) is 2.29. The number of guanidine groups is 1. The molecule has 6 nitrogen and oxygen atoms in total. The minimum atomic E-state index is -2.99. The Morgan fingerprint density at radius 2 is 1.91 bits per heavy atom. The monoisotopic (exact) mass is 455 g/mol.